The molecule has 8 aliphatic rings. The number of imide groups is 4. The number of carbonyl (C=O) groups excluding carboxylic acids is 9. The molecule has 4 saturated heterocycles. The van der Waals surface area contributed by atoms with Crippen LogP contribution in [0.25, 0.3) is 31.5 Å². The fraction of sp³-hybridized carbons (Fsp3) is 0.426. The molecule has 27 nitrogen and oxygen atoms in total. The van der Waals surface area contributed by atoms with Crippen LogP contribution >= 0.6 is 0 Å². The number of piperidine rings is 2. The average Bonchev–Trinajstić information content (AvgIpc) is 1.63. The number of ether oxygens (including phenoxy) is 2. The molecule has 0 radical (unpaired) electrons. The molecule has 2 aromatic heterocycles. The molecular formula is C68H72N16O11. The summed E-state index contributed by atoms with van der Waals surface area (Å²) in [6, 6.07) is 20.3. The molecular weight excluding hydrogens is 1220 g/mol. The van der Waals surface area contributed by atoms with Crippen molar-refractivity contribution in [1.82, 2.24) is 60.4 Å². The highest BCUT2D eigenvalue weighted by Crippen LogP contribution is 2.35. The molecule has 2 atom stereocenters. The van der Waals surface area contributed by atoms with Gasteiger partial charge >= 0.3 is 0 Å². The van der Waals surface area contributed by atoms with Gasteiger partial charge in [-0.05, 0) is 125 Å². The lowest BCUT2D eigenvalue weighted by Crippen LogP contribution is -2.54. The van der Waals surface area contributed by atoms with Crippen molar-refractivity contribution >= 4 is 98.4 Å². The first-order valence-corrected chi connectivity index (χ1v) is 32.3. The van der Waals surface area contributed by atoms with Crippen LogP contribution in [0.15, 0.2) is 85.5 Å². The minimum atomic E-state index is -1.00. The molecule has 490 valence electrons. The number of nitrogens with one attached hydrogen (secondary N) is 5. The van der Waals surface area contributed by atoms with Gasteiger partial charge in [0.05, 0.1) is 46.4 Å². The van der Waals surface area contributed by atoms with Crippen LogP contribution in [0.1, 0.15) is 118 Å². The quantitative estimate of drug-likeness (QED) is 0.0483. The summed E-state index contributed by atoms with van der Waals surface area (Å²) < 4.78 is 11.1. The van der Waals surface area contributed by atoms with Gasteiger partial charge in [0.1, 0.15) is 61.1 Å². The van der Waals surface area contributed by atoms with Crippen molar-refractivity contribution in [2.24, 2.45) is 0 Å². The van der Waals surface area contributed by atoms with Gasteiger partial charge in [0.15, 0.2) is 17.7 Å². The first kappa shape index (κ1) is 64.9. The summed E-state index contributed by atoms with van der Waals surface area (Å²) in [6.45, 7) is 24.1. The summed E-state index contributed by atoms with van der Waals surface area (Å²) in [4.78, 5) is 142. The Morgan fingerprint density at radius 3 is 1.42 bits per heavy atom. The fourth-order valence-corrected chi connectivity index (χ4v) is 13.9. The van der Waals surface area contributed by atoms with E-state index < -0.39 is 59.3 Å². The van der Waals surface area contributed by atoms with Gasteiger partial charge in [-0.2, -0.15) is 0 Å². The highest BCUT2D eigenvalue weighted by Gasteiger charge is 2.46. The number of hydrogen-bond acceptors (Lipinski definition) is 21. The Balaban J connectivity index is 0.000000151. The number of piperazine rings is 2. The maximum Gasteiger partial charge on any atom is 0.262 e. The number of fused-ring (bicyclic) bond motifs is 4. The van der Waals surface area contributed by atoms with Gasteiger partial charge in [-0.3, -0.25) is 78.3 Å². The van der Waals surface area contributed by atoms with E-state index in [2.05, 4.69) is 70.9 Å². The van der Waals surface area contributed by atoms with Gasteiger partial charge < -0.3 is 25.4 Å². The number of benzene rings is 4. The maximum atomic E-state index is 13.1. The van der Waals surface area contributed by atoms with Crippen LogP contribution in [0.4, 0.5) is 23.0 Å². The number of nitrogens with zero attached hydrogens (tertiary/aromatic N) is 11. The van der Waals surface area contributed by atoms with E-state index in [1.165, 1.54) is 57.0 Å². The van der Waals surface area contributed by atoms with Crippen molar-refractivity contribution in [3.8, 4) is 11.5 Å². The van der Waals surface area contributed by atoms with E-state index in [-0.39, 0.29) is 60.3 Å². The van der Waals surface area contributed by atoms with Crippen molar-refractivity contribution in [3.05, 3.63) is 131 Å². The lowest BCUT2D eigenvalue weighted by atomic mass is 9.89. The van der Waals surface area contributed by atoms with Crippen molar-refractivity contribution in [1.29, 1.82) is 0 Å². The molecule has 2 saturated carbocycles. The molecule has 4 aromatic carbocycles. The molecule has 5 N–H and O–H groups in total. The molecule has 6 aromatic rings. The third kappa shape index (κ3) is 14.6. The first-order valence-electron chi connectivity index (χ1n) is 32.3. The Bertz CT molecular complexity index is 4070. The zero-order chi connectivity index (χ0) is 66.1. The predicted octanol–water partition coefficient (Wildman–Crippen LogP) is 5.48. The third-order valence-electron chi connectivity index (χ3n) is 19.0. The summed E-state index contributed by atoms with van der Waals surface area (Å²) in [5.41, 5.74) is 3.68. The molecule has 0 bridgehead atoms. The van der Waals surface area contributed by atoms with E-state index in [1.54, 1.807) is 36.9 Å². The second-order valence-electron chi connectivity index (χ2n) is 24.7. The van der Waals surface area contributed by atoms with Crippen LogP contribution in [0.2, 0.25) is 0 Å². The smallest absolute Gasteiger partial charge is 0.262 e. The second kappa shape index (κ2) is 29.4. The molecule has 14 rings (SSSR count). The van der Waals surface area contributed by atoms with E-state index >= 15 is 0 Å². The number of anilines is 2. The molecule has 0 spiro atoms. The summed E-state index contributed by atoms with van der Waals surface area (Å²) in [6.07, 6.45) is 13.3. The molecule has 95 heavy (non-hydrogen) atoms. The van der Waals surface area contributed by atoms with Crippen molar-refractivity contribution in [2.45, 2.75) is 113 Å². The Morgan fingerprint density at radius 2 is 0.968 bits per heavy atom. The van der Waals surface area contributed by atoms with E-state index in [9.17, 15) is 43.2 Å². The minimum Gasteiger partial charge on any atom is -0.492 e. The van der Waals surface area contributed by atoms with Crippen LogP contribution in [0, 0.1) is 13.1 Å². The topological polar surface area (TPSA) is 309 Å². The third-order valence-corrected chi connectivity index (χ3v) is 19.0. The van der Waals surface area contributed by atoms with Gasteiger partial charge in [-0.1, -0.05) is 12.1 Å². The molecule has 6 aliphatic heterocycles. The maximum absolute atomic E-state index is 13.1. The summed E-state index contributed by atoms with van der Waals surface area (Å²) in [7, 11) is 0. The molecule has 8 amide bonds. The zero-order valence-electron chi connectivity index (χ0n) is 52.3. The Labute approximate surface area is 547 Å². The number of carbonyl (C=O) groups is 9. The van der Waals surface area contributed by atoms with Crippen LogP contribution in [0.3, 0.4) is 0 Å². The number of aromatic nitrogens is 4. The normalized spacial score (nSPS) is 23.2. The highest BCUT2D eigenvalue weighted by atomic mass is 16.5. The predicted molar refractivity (Wildman–Crippen MR) is 347 cm³/mol. The van der Waals surface area contributed by atoms with Gasteiger partial charge in [-0.25, -0.2) is 29.6 Å². The largest absolute Gasteiger partial charge is 0.492 e. The summed E-state index contributed by atoms with van der Waals surface area (Å²) in [5, 5.41) is 16.8. The molecule has 2 aliphatic carbocycles. The molecule has 8 heterocycles. The van der Waals surface area contributed by atoms with Crippen molar-refractivity contribution < 1.29 is 52.6 Å². The van der Waals surface area contributed by atoms with Gasteiger partial charge in [-0.15, -0.1) is 0 Å². The second-order valence-corrected chi connectivity index (χ2v) is 24.7. The Morgan fingerprint density at radius 1 is 0.516 bits per heavy atom. The van der Waals surface area contributed by atoms with Crippen LogP contribution in [-0.4, -0.2) is 206 Å². The SMILES string of the molecule is O=CCOc1ccc2c(c1)C(=O)N(C1CCC(=O)NC1=O)C2=O.[C-]#[N+]c1ccc2ncnc(NC3CCC(N4CCN(CCOc5ccc6c(c5)C(=O)N(C5CCC(=O)NC5=O)C6=O)CC4)CC3)c2c1.[C-]#[N+]c1ccc2ncnc(NC3CCC(N4CCNCC4)CC3)c2c1. The average molecular weight is 1290 g/mol. The number of aldehydes is 1. The fourth-order valence-electron chi connectivity index (χ4n) is 13.9. The number of hydrogen-bond donors (Lipinski definition) is 5. The number of amides is 8. The molecule has 2 unspecified atom stereocenters. The first-order chi connectivity index (χ1) is 46.2. The summed E-state index contributed by atoms with van der Waals surface area (Å²) in [5.74, 6) is -1.92. The Kier molecular flexibility index (Phi) is 20.1. The van der Waals surface area contributed by atoms with Crippen molar-refractivity contribution in [3.63, 3.8) is 0 Å². The monoisotopic (exact) mass is 1290 g/mol. The van der Waals surface area contributed by atoms with E-state index in [0.29, 0.717) is 48.1 Å². The van der Waals surface area contributed by atoms with E-state index in [0.717, 1.165) is 121 Å². The Hall–Kier alpha value is -10.2. The zero-order valence-corrected chi connectivity index (χ0v) is 52.3. The van der Waals surface area contributed by atoms with Crippen LogP contribution in [0.5, 0.6) is 11.5 Å². The lowest BCUT2D eigenvalue weighted by molar-refractivity contribution is -0.137. The van der Waals surface area contributed by atoms with Gasteiger partial charge in [0, 0.05) is 107 Å². The van der Waals surface area contributed by atoms with Crippen molar-refractivity contribution in [2.75, 3.05) is 82.8 Å². The molecule has 6 fully saturated rings. The van der Waals surface area contributed by atoms with E-state index in [1.807, 2.05) is 30.3 Å². The van der Waals surface area contributed by atoms with E-state index in [4.69, 9.17) is 22.6 Å². The van der Waals surface area contributed by atoms with Crippen LogP contribution in [-0.2, 0) is 24.0 Å². The minimum absolute atomic E-state index is 0.0670. The lowest BCUT2D eigenvalue weighted by Gasteiger charge is -2.42. The van der Waals surface area contributed by atoms with Crippen LogP contribution < -0.4 is 36.1 Å². The number of rotatable bonds is 15. The van der Waals surface area contributed by atoms with Gasteiger partial charge in [0.2, 0.25) is 23.6 Å². The highest BCUT2D eigenvalue weighted by molar-refractivity contribution is 6.24. The van der Waals surface area contributed by atoms with Gasteiger partial charge in [0.25, 0.3) is 23.6 Å². The molecule has 27 heteroatoms. The summed E-state index contributed by atoms with van der Waals surface area (Å²) >= 11 is 0. The standard InChI is InChI=1S/C34H36N8O5.C19H24N6.C15H12N2O6/c1-35-22-4-9-28-27(18-22)31(37-20-36-28)38-21-2-5-23(6-3-21)41-14-12-40(13-15-41)16-17-47-24-7-8-25-26(19-24)34(46)42(33(25)45)29-10-11-30(43)39-32(29)44;1-20-15-4-7-18-17(12-15)19(23-13-22-18)24-14-2-5-16(6-3-14)25-10-8-21-9-11-25;18-5-6-23-8-1-2-9-10(7-8)15(22)17(14(9)21)11-3-4-12(19)16-13(11)20/h4,7-9,18-21,23,29H,2-3,5-6,10-17H2,(H,36,37,38)(H,39,43,44);4,7,12-14,16,21H,2-3,5-6,8-11H2,(H,22,23,24);1-2,5,7,11H,3-4,6H2,(H,16,19,20).